The van der Waals surface area contributed by atoms with E-state index >= 15 is 0 Å². The molecule has 0 bridgehead atoms. The molecule has 2 heterocycles. The molecule has 0 spiro atoms. The van der Waals surface area contributed by atoms with Crippen LogP contribution in [0.4, 0.5) is 38.0 Å². The molecule has 1 N–H and O–H groups in total. The Labute approximate surface area is 190 Å². The van der Waals surface area contributed by atoms with Gasteiger partial charge in [0.1, 0.15) is 0 Å². The van der Waals surface area contributed by atoms with Gasteiger partial charge >= 0.3 is 191 Å². The van der Waals surface area contributed by atoms with Crippen LogP contribution in [-0.4, -0.2) is 45.3 Å². The fraction of sp³-hybridized carbons (Fsp3) is 0.476. The first-order valence-corrected chi connectivity index (χ1v) is 20.4. The Kier molecular flexibility index (Phi) is 5.85. The molecule has 0 radical (unpaired) electrons. The summed E-state index contributed by atoms with van der Waals surface area (Å²) < 4.78 is 79.1. The van der Waals surface area contributed by atoms with E-state index in [-0.39, 0.29) is 28.7 Å². The van der Waals surface area contributed by atoms with Gasteiger partial charge in [-0.15, -0.1) is 0 Å². The summed E-state index contributed by atoms with van der Waals surface area (Å²) >= 11 is -3.28. The summed E-state index contributed by atoms with van der Waals surface area (Å²) in [5.74, 6) is -1.68. The number of amides is 1. The molecule has 12 heteroatoms. The van der Waals surface area contributed by atoms with Crippen molar-refractivity contribution < 1.29 is 31.1 Å². The molecule has 1 saturated carbocycles. The molecule has 2 aliphatic rings. The number of alkyl halides is 6. The molecule has 1 aliphatic heterocycles. The van der Waals surface area contributed by atoms with E-state index in [4.69, 9.17) is 0 Å². The Morgan fingerprint density at radius 1 is 1.06 bits per heavy atom. The number of carbonyl (C=O) groups is 1. The Hall–Kier alpha value is -2.05. The third-order valence-corrected chi connectivity index (χ3v) is 10.8. The van der Waals surface area contributed by atoms with E-state index in [0.29, 0.717) is 16.8 Å². The Balaban J connectivity index is 1.68. The van der Waals surface area contributed by atoms with Gasteiger partial charge in [0.05, 0.1) is 0 Å². The second kappa shape index (κ2) is 8.02. The van der Waals surface area contributed by atoms with Gasteiger partial charge in [-0.1, -0.05) is 0 Å². The first-order valence-electron chi connectivity index (χ1n) is 10.4. The molecule has 1 aromatic heterocycles. The van der Waals surface area contributed by atoms with Crippen molar-refractivity contribution >= 4 is 39.6 Å². The fourth-order valence-electron chi connectivity index (χ4n) is 3.97. The molecule has 5 nitrogen and oxygen atoms in total. The van der Waals surface area contributed by atoms with Crippen molar-refractivity contribution in [1.82, 2.24) is 14.9 Å². The van der Waals surface area contributed by atoms with Crippen LogP contribution in [0.2, 0.25) is 14.8 Å². The molecular formula is C21H22F6N4OSn. The molecule has 0 saturated heterocycles. The quantitative estimate of drug-likeness (QED) is 0.407. The monoisotopic (exact) mass is 580 g/mol. The summed E-state index contributed by atoms with van der Waals surface area (Å²) in [6, 6.07) is 3.45. The predicted molar refractivity (Wildman–Crippen MR) is 112 cm³/mol. The molecule has 33 heavy (non-hydrogen) atoms. The average molecular weight is 579 g/mol. The van der Waals surface area contributed by atoms with Gasteiger partial charge in [0.2, 0.25) is 0 Å². The molecule has 1 aromatic carbocycles. The first kappa shape index (κ1) is 24.1. The maximum atomic E-state index is 13.5. The second-order valence-corrected chi connectivity index (χ2v) is 23.7. The van der Waals surface area contributed by atoms with Crippen molar-refractivity contribution in [2.75, 3.05) is 5.32 Å². The van der Waals surface area contributed by atoms with Crippen molar-refractivity contribution in [1.29, 1.82) is 0 Å². The molecule has 0 unspecified atom stereocenters. The van der Waals surface area contributed by atoms with Crippen molar-refractivity contribution in [2.24, 2.45) is 0 Å². The SMILES string of the molecule is [CH3][Sn]([CH3])([CH3])[c]1nc(Nc2cc3c(cc2C2CC2)CN(C(=O)C(F)(F)F)C3)ncc1C(F)(F)F. The van der Waals surface area contributed by atoms with Crippen LogP contribution >= 0.6 is 0 Å². The summed E-state index contributed by atoms with van der Waals surface area (Å²) in [6.45, 7) is -0.321. The van der Waals surface area contributed by atoms with Crippen LogP contribution in [0.5, 0.6) is 0 Å². The Morgan fingerprint density at radius 3 is 2.18 bits per heavy atom. The molecule has 178 valence electrons. The topological polar surface area (TPSA) is 58.1 Å². The number of aromatic nitrogens is 2. The van der Waals surface area contributed by atoms with Crippen LogP contribution in [0.1, 0.15) is 41.0 Å². The van der Waals surface area contributed by atoms with Crippen molar-refractivity contribution in [3.8, 4) is 0 Å². The predicted octanol–water partition coefficient (Wildman–Crippen LogP) is 5.07. The van der Waals surface area contributed by atoms with E-state index in [9.17, 15) is 31.1 Å². The zero-order valence-corrected chi connectivity index (χ0v) is 21.0. The van der Waals surface area contributed by atoms with Crippen LogP contribution in [0.25, 0.3) is 0 Å². The zero-order chi connectivity index (χ0) is 24.3. The standard InChI is InChI=1S/C18H13F6N4O.3CH3.Sn/c19-17(20,21)12-5-25-16(26-6-12)27-14-4-11-8-28(15(29)18(22,23)24)7-10(11)3-13(14)9-1-2-9;;;;/h3-5,9H,1-2,7-8H2,(H,25,26,27);3*1H3;. The van der Waals surface area contributed by atoms with E-state index in [2.05, 4.69) is 15.3 Å². The van der Waals surface area contributed by atoms with E-state index < -0.39 is 42.2 Å². The molecule has 4 rings (SSSR count). The maximum absolute atomic E-state index is 13.5. The van der Waals surface area contributed by atoms with Gasteiger partial charge < -0.3 is 0 Å². The minimum atomic E-state index is -4.95. The van der Waals surface area contributed by atoms with Crippen molar-refractivity contribution in [3.05, 3.63) is 40.6 Å². The van der Waals surface area contributed by atoms with Crippen LogP contribution in [0.15, 0.2) is 18.3 Å². The van der Waals surface area contributed by atoms with Gasteiger partial charge in [-0.3, -0.25) is 0 Å². The molecule has 1 aliphatic carbocycles. The van der Waals surface area contributed by atoms with E-state index in [0.717, 1.165) is 29.5 Å². The number of carbonyl (C=O) groups excluding carboxylic acids is 1. The molecule has 2 aromatic rings. The minimum absolute atomic E-state index is 0.0210. The third-order valence-electron chi connectivity index (χ3n) is 5.69. The van der Waals surface area contributed by atoms with E-state index in [1.54, 1.807) is 12.1 Å². The second-order valence-electron chi connectivity index (χ2n) is 9.47. The Bertz CT molecular complexity index is 1110. The summed E-state index contributed by atoms with van der Waals surface area (Å²) in [4.78, 5) is 26.0. The zero-order valence-electron chi connectivity index (χ0n) is 18.2. The van der Waals surface area contributed by atoms with Crippen LogP contribution < -0.4 is 9.03 Å². The summed E-state index contributed by atoms with van der Waals surface area (Å²) in [5.41, 5.74) is 1.77. The summed E-state index contributed by atoms with van der Waals surface area (Å²) in [5, 5.41) is 3.01. The van der Waals surface area contributed by atoms with Gasteiger partial charge in [0, 0.05) is 0 Å². The van der Waals surface area contributed by atoms with Crippen LogP contribution in [0.3, 0.4) is 0 Å². The molecule has 1 fully saturated rings. The Morgan fingerprint density at radius 2 is 1.67 bits per heavy atom. The number of fused-ring (bicyclic) bond motifs is 1. The van der Waals surface area contributed by atoms with Crippen LogP contribution in [0, 0.1) is 0 Å². The number of rotatable bonds is 4. The first-order chi connectivity index (χ1) is 15.1. The normalized spacial score (nSPS) is 16.7. The summed E-state index contributed by atoms with van der Waals surface area (Å²) in [6.07, 6.45) is -6.92. The fourth-order valence-corrected chi connectivity index (χ4v) is 8.13. The van der Waals surface area contributed by atoms with Crippen molar-refractivity contribution in [2.45, 2.75) is 59.0 Å². The van der Waals surface area contributed by atoms with Gasteiger partial charge in [0.25, 0.3) is 0 Å². The number of anilines is 2. The third kappa shape index (κ3) is 5.07. The number of benzene rings is 1. The van der Waals surface area contributed by atoms with Crippen molar-refractivity contribution in [3.63, 3.8) is 0 Å². The number of hydrogen-bond acceptors (Lipinski definition) is 4. The number of nitrogens with zero attached hydrogens (tertiary/aromatic N) is 3. The number of hydrogen-bond donors (Lipinski definition) is 1. The van der Waals surface area contributed by atoms with E-state index in [1.807, 2.05) is 14.8 Å². The summed E-state index contributed by atoms with van der Waals surface area (Å²) in [7, 11) is 0. The molecule has 0 atom stereocenters. The van der Waals surface area contributed by atoms with Gasteiger partial charge in [-0.05, 0) is 0 Å². The van der Waals surface area contributed by atoms with Gasteiger partial charge in [-0.2, -0.15) is 0 Å². The van der Waals surface area contributed by atoms with Crippen LogP contribution in [-0.2, 0) is 24.1 Å². The molecule has 1 amide bonds. The van der Waals surface area contributed by atoms with E-state index in [1.165, 1.54) is 0 Å². The molecular weight excluding hydrogens is 557 g/mol. The number of nitrogens with one attached hydrogen (secondary N) is 1. The number of halogens is 6. The average Bonchev–Trinajstić information content (AvgIpc) is 3.44. The van der Waals surface area contributed by atoms with Gasteiger partial charge in [-0.25, -0.2) is 0 Å². The van der Waals surface area contributed by atoms with Gasteiger partial charge in [0.15, 0.2) is 0 Å².